The van der Waals surface area contributed by atoms with E-state index in [2.05, 4.69) is 15.0 Å². The van der Waals surface area contributed by atoms with Crippen molar-refractivity contribution in [1.82, 2.24) is 10.3 Å². The van der Waals surface area contributed by atoms with Crippen molar-refractivity contribution in [3.8, 4) is 0 Å². The van der Waals surface area contributed by atoms with E-state index >= 15 is 0 Å². The number of nitrogens with one attached hydrogen (secondary N) is 1. The van der Waals surface area contributed by atoms with Gasteiger partial charge >= 0.3 is 6.36 Å². The minimum absolute atomic E-state index is 0.0843. The normalized spacial score (nSPS) is 12.0. The number of aryl methyl sites for hydroxylation is 1. The highest BCUT2D eigenvalue weighted by Crippen LogP contribution is 2.15. The number of hydrogen-bond donors (Lipinski definition) is 1. The zero-order valence-electron chi connectivity index (χ0n) is 8.10. The van der Waals surface area contributed by atoms with Gasteiger partial charge in [0.1, 0.15) is 5.76 Å². The van der Waals surface area contributed by atoms with Crippen molar-refractivity contribution in [3.63, 3.8) is 0 Å². The first-order chi connectivity index (χ1) is 6.97. The minimum atomic E-state index is -4.57. The first kappa shape index (κ1) is 12.0. The van der Waals surface area contributed by atoms with Crippen molar-refractivity contribution in [2.24, 2.45) is 0 Å². The Bertz CT molecular complexity index is 298. The lowest BCUT2D eigenvalue weighted by Crippen LogP contribution is -2.24. The van der Waals surface area contributed by atoms with E-state index in [0.717, 1.165) is 0 Å². The van der Waals surface area contributed by atoms with E-state index < -0.39 is 13.0 Å². The molecule has 86 valence electrons. The lowest BCUT2D eigenvalue weighted by molar-refractivity contribution is -0.323. The van der Waals surface area contributed by atoms with Gasteiger partial charge in [-0.1, -0.05) is 0 Å². The zero-order chi connectivity index (χ0) is 11.3. The lowest BCUT2D eigenvalue weighted by Gasteiger charge is -2.06. The smallest absolute Gasteiger partial charge is 0.445 e. The van der Waals surface area contributed by atoms with Crippen molar-refractivity contribution in [2.45, 2.75) is 19.8 Å². The van der Waals surface area contributed by atoms with Crippen LogP contribution in [0.4, 0.5) is 13.2 Å². The fourth-order valence-corrected chi connectivity index (χ4v) is 0.917. The average Bonchev–Trinajstić information content (AvgIpc) is 2.49. The molecule has 7 heteroatoms. The molecule has 0 atom stereocenters. The monoisotopic (exact) mass is 224 g/mol. The molecular formula is C8H11F3N2O2. The molecule has 0 fully saturated rings. The third-order valence-corrected chi connectivity index (χ3v) is 1.49. The van der Waals surface area contributed by atoms with Gasteiger partial charge in [0.25, 0.3) is 0 Å². The Kier molecular flexibility index (Phi) is 4.10. The van der Waals surface area contributed by atoms with Crippen LogP contribution in [0.1, 0.15) is 11.7 Å². The Morgan fingerprint density at radius 1 is 1.53 bits per heavy atom. The largest absolute Gasteiger partial charge is 0.522 e. The van der Waals surface area contributed by atoms with Crippen molar-refractivity contribution in [3.05, 3.63) is 17.8 Å². The van der Waals surface area contributed by atoms with Gasteiger partial charge in [-0.2, -0.15) is 0 Å². The molecule has 0 bridgehead atoms. The average molecular weight is 224 g/mol. The molecule has 0 radical (unpaired) electrons. The van der Waals surface area contributed by atoms with E-state index in [1.54, 1.807) is 13.1 Å². The standard InChI is InChI=1S/C8H11F3N2O2/c1-6-4-13-7(15-6)5-12-2-3-14-8(9,10)11/h4,12H,2-3,5H2,1H3. The number of alkyl halides is 3. The second-order valence-electron chi connectivity index (χ2n) is 2.84. The first-order valence-corrected chi connectivity index (χ1v) is 4.30. The minimum Gasteiger partial charge on any atom is -0.445 e. The third-order valence-electron chi connectivity index (χ3n) is 1.49. The van der Waals surface area contributed by atoms with E-state index in [9.17, 15) is 13.2 Å². The van der Waals surface area contributed by atoms with Crippen LogP contribution in [-0.4, -0.2) is 24.5 Å². The quantitative estimate of drug-likeness (QED) is 0.772. The van der Waals surface area contributed by atoms with Crippen LogP contribution in [0.5, 0.6) is 0 Å². The van der Waals surface area contributed by atoms with Crippen molar-refractivity contribution >= 4 is 0 Å². The molecule has 0 unspecified atom stereocenters. The number of oxazole rings is 1. The highest BCUT2D eigenvalue weighted by atomic mass is 19.4. The molecule has 4 nitrogen and oxygen atoms in total. The Hall–Kier alpha value is -1.08. The molecule has 0 spiro atoms. The summed E-state index contributed by atoms with van der Waals surface area (Å²) >= 11 is 0. The molecule has 0 amide bonds. The number of hydrogen-bond acceptors (Lipinski definition) is 4. The molecule has 0 saturated carbocycles. The van der Waals surface area contributed by atoms with E-state index in [1.807, 2.05) is 0 Å². The molecule has 1 aromatic rings. The van der Waals surface area contributed by atoms with E-state index in [0.29, 0.717) is 11.7 Å². The summed E-state index contributed by atoms with van der Waals surface area (Å²) in [6.45, 7) is 1.68. The van der Waals surface area contributed by atoms with Crippen LogP contribution in [0.2, 0.25) is 0 Å². The second kappa shape index (κ2) is 5.13. The van der Waals surface area contributed by atoms with Crippen LogP contribution in [-0.2, 0) is 11.3 Å². The fraction of sp³-hybridized carbons (Fsp3) is 0.625. The Labute approximate surface area is 84.4 Å². The van der Waals surface area contributed by atoms with Crippen molar-refractivity contribution < 1.29 is 22.3 Å². The van der Waals surface area contributed by atoms with Crippen LogP contribution in [0.15, 0.2) is 10.6 Å². The zero-order valence-corrected chi connectivity index (χ0v) is 8.10. The summed E-state index contributed by atoms with van der Waals surface area (Å²) in [4.78, 5) is 3.87. The maximum absolute atomic E-state index is 11.5. The molecular weight excluding hydrogens is 213 g/mol. The topological polar surface area (TPSA) is 47.3 Å². The molecule has 0 aliphatic carbocycles. The lowest BCUT2D eigenvalue weighted by atomic mass is 10.6. The predicted molar refractivity (Wildman–Crippen MR) is 45.0 cm³/mol. The van der Waals surface area contributed by atoms with Gasteiger partial charge in [0.05, 0.1) is 19.3 Å². The van der Waals surface area contributed by atoms with E-state index in [4.69, 9.17) is 4.42 Å². The van der Waals surface area contributed by atoms with Gasteiger partial charge in [0.2, 0.25) is 5.89 Å². The van der Waals surface area contributed by atoms with Crippen molar-refractivity contribution in [1.29, 1.82) is 0 Å². The Morgan fingerprint density at radius 3 is 2.80 bits per heavy atom. The first-order valence-electron chi connectivity index (χ1n) is 4.30. The molecule has 15 heavy (non-hydrogen) atoms. The molecule has 0 saturated heterocycles. The molecule has 0 aromatic carbocycles. The molecule has 1 rings (SSSR count). The summed E-state index contributed by atoms with van der Waals surface area (Å²) in [5.41, 5.74) is 0. The molecule has 1 aromatic heterocycles. The maximum Gasteiger partial charge on any atom is 0.522 e. The van der Waals surface area contributed by atoms with Crippen LogP contribution >= 0.6 is 0 Å². The second-order valence-corrected chi connectivity index (χ2v) is 2.84. The van der Waals surface area contributed by atoms with E-state index in [1.165, 1.54) is 0 Å². The maximum atomic E-state index is 11.5. The van der Waals surface area contributed by atoms with Gasteiger partial charge in [-0.3, -0.25) is 4.74 Å². The molecule has 0 aliphatic heterocycles. The number of ether oxygens (including phenoxy) is 1. The molecule has 1 N–H and O–H groups in total. The highest BCUT2D eigenvalue weighted by molar-refractivity contribution is 4.90. The van der Waals surface area contributed by atoms with Crippen molar-refractivity contribution in [2.75, 3.05) is 13.2 Å². The van der Waals surface area contributed by atoms with Gasteiger partial charge < -0.3 is 9.73 Å². The summed E-state index contributed by atoms with van der Waals surface area (Å²) < 4.78 is 43.2. The molecule has 1 heterocycles. The van der Waals surface area contributed by atoms with Gasteiger partial charge in [-0.05, 0) is 6.92 Å². The highest BCUT2D eigenvalue weighted by Gasteiger charge is 2.28. The van der Waals surface area contributed by atoms with Crippen LogP contribution in [0, 0.1) is 6.92 Å². The van der Waals surface area contributed by atoms with Crippen LogP contribution < -0.4 is 5.32 Å². The summed E-state index contributed by atoms with van der Waals surface area (Å²) in [6, 6.07) is 0. The van der Waals surface area contributed by atoms with Crippen LogP contribution in [0.25, 0.3) is 0 Å². The van der Waals surface area contributed by atoms with Gasteiger partial charge in [-0.25, -0.2) is 4.98 Å². The van der Waals surface area contributed by atoms with E-state index in [-0.39, 0.29) is 13.1 Å². The third kappa shape index (κ3) is 5.38. The number of halogens is 3. The Balaban J connectivity index is 2.07. The summed E-state index contributed by atoms with van der Waals surface area (Å²) in [6.07, 6.45) is -3.02. The summed E-state index contributed by atoms with van der Waals surface area (Å²) in [5, 5.41) is 2.71. The SMILES string of the molecule is Cc1cnc(CNCCOC(F)(F)F)o1. The summed E-state index contributed by atoms with van der Waals surface area (Å²) in [7, 11) is 0. The number of rotatable bonds is 5. The fourth-order valence-electron chi connectivity index (χ4n) is 0.917. The number of aromatic nitrogens is 1. The predicted octanol–water partition coefficient (Wildman–Crippen LogP) is 1.61. The van der Waals surface area contributed by atoms with Gasteiger partial charge in [-0.15, -0.1) is 13.2 Å². The summed E-state index contributed by atoms with van der Waals surface area (Å²) in [5.74, 6) is 1.11. The van der Waals surface area contributed by atoms with Gasteiger partial charge in [0, 0.05) is 6.54 Å². The molecule has 0 aliphatic rings. The number of nitrogens with zero attached hydrogens (tertiary/aromatic N) is 1. The Morgan fingerprint density at radius 2 is 2.27 bits per heavy atom. The van der Waals surface area contributed by atoms with Gasteiger partial charge in [0.15, 0.2) is 0 Å². The van der Waals surface area contributed by atoms with Crippen LogP contribution in [0.3, 0.4) is 0 Å².